The molecule has 0 spiro atoms. The number of nitrogens with one attached hydrogen (secondary N) is 1. The molecule has 0 bridgehead atoms. The zero-order valence-corrected chi connectivity index (χ0v) is 10.4. The first-order valence-electron chi connectivity index (χ1n) is 5.11. The van der Waals surface area contributed by atoms with Gasteiger partial charge in [0.05, 0.1) is 17.3 Å². The molecule has 1 amide bonds. The van der Waals surface area contributed by atoms with Crippen molar-refractivity contribution in [2.24, 2.45) is 0 Å². The smallest absolute Gasteiger partial charge is 0.249 e. The number of carbonyl (C=O) groups is 1. The zero-order chi connectivity index (χ0) is 12.3. The highest BCUT2D eigenvalue weighted by Gasteiger charge is 2.06. The third kappa shape index (κ3) is 2.62. The van der Waals surface area contributed by atoms with Gasteiger partial charge in [-0.25, -0.2) is 4.98 Å². The number of hydrogen-bond acceptors (Lipinski definition) is 4. The van der Waals surface area contributed by atoms with Gasteiger partial charge in [0.1, 0.15) is 5.75 Å². The van der Waals surface area contributed by atoms with Gasteiger partial charge in [0.25, 0.3) is 0 Å². The average molecular weight is 248 g/mol. The van der Waals surface area contributed by atoms with Crippen molar-refractivity contribution in [1.29, 1.82) is 0 Å². The second kappa shape index (κ2) is 4.97. The van der Waals surface area contributed by atoms with Crippen molar-refractivity contribution in [1.82, 2.24) is 4.98 Å². The molecule has 0 radical (unpaired) electrons. The number of fused-ring (bicyclic) bond motifs is 1. The van der Waals surface area contributed by atoms with Crippen LogP contribution in [0.3, 0.4) is 0 Å². The van der Waals surface area contributed by atoms with Gasteiger partial charge in [-0.05, 0) is 31.2 Å². The van der Waals surface area contributed by atoms with Crippen LogP contribution >= 0.6 is 11.3 Å². The number of hydrogen-bond donors (Lipinski definition) is 1. The van der Waals surface area contributed by atoms with E-state index >= 15 is 0 Å². The topological polar surface area (TPSA) is 51.2 Å². The van der Waals surface area contributed by atoms with E-state index < -0.39 is 0 Å². The summed E-state index contributed by atoms with van der Waals surface area (Å²) in [5.74, 6) is 0.617. The number of rotatable bonds is 3. The SMILES string of the molecule is C/C=C\C(=O)Nc1nc2ccc(OC)cc2s1. The second-order valence-electron chi connectivity index (χ2n) is 3.34. The Balaban J connectivity index is 2.28. The zero-order valence-electron chi connectivity index (χ0n) is 9.56. The molecule has 1 aromatic heterocycles. The fourth-order valence-corrected chi connectivity index (χ4v) is 2.28. The van der Waals surface area contributed by atoms with Crippen molar-refractivity contribution < 1.29 is 9.53 Å². The van der Waals surface area contributed by atoms with Crippen LogP contribution in [0.4, 0.5) is 5.13 Å². The van der Waals surface area contributed by atoms with Crippen LogP contribution in [0.2, 0.25) is 0 Å². The summed E-state index contributed by atoms with van der Waals surface area (Å²) in [5.41, 5.74) is 0.853. The third-order valence-corrected chi connectivity index (χ3v) is 3.08. The summed E-state index contributed by atoms with van der Waals surface area (Å²) in [6.45, 7) is 1.79. The number of aromatic nitrogens is 1. The van der Waals surface area contributed by atoms with E-state index in [1.165, 1.54) is 17.4 Å². The van der Waals surface area contributed by atoms with E-state index in [-0.39, 0.29) is 5.91 Å². The molecule has 1 N–H and O–H groups in total. The largest absolute Gasteiger partial charge is 0.497 e. The van der Waals surface area contributed by atoms with Crippen LogP contribution in [0.5, 0.6) is 5.75 Å². The van der Waals surface area contributed by atoms with Gasteiger partial charge >= 0.3 is 0 Å². The number of allylic oxidation sites excluding steroid dienone is 1. The summed E-state index contributed by atoms with van der Waals surface area (Å²) >= 11 is 1.42. The van der Waals surface area contributed by atoms with Gasteiger partial charge in [0, 0.05) is 0 Å². The highest BCUT2D eigenvalue weighted by Crippen LogP contribution is 2.28. The van der Waals surface area contributed by atoms with E-state index in [4.69, 9.17) is 4.74 Å². The Morgan fingerprint density at radius 1 is 1.53 bits per heavy atom. The van der Waals surface area contributed by atoms with Crippen LogP contribution in [-0.2, 0) is 4.79 Å². The lowest BCUT2D eigenvalue weighted by molar-refractivity contribution is -0.111. The van der Waals surface area contributed by atoms with E-state index in [1.54, 1.807) is 20.1 Å². The van der Waals surface area contributed by atoms with Crippen LogP contribution in [0.15, 0.2) is 30.4 Å². The van der Waals surface area contributed by atoms with Crippen molar-refractivity contribution in [2.45, 2.75) is 6.92 Å². The molecule has 0 aliphatic carbocycles. The number of amides is 1. The monoisotopic (exact) mass is 248 g/mol. The van der Waals surface area contributed by atoms with Crippen molar-refractivity contribution in [3.05, 3.63) is 30.4 Å². The molecule has 0 aliphatic rings. The first kappa shape index (κ1) is 11.6. The quantitative estimate of drug-likeness (QED) is 0.850. The number of ether oxygens (including phenoxy) is 1. The minimum Gasteiger partial charge on any atom is -0.497 e. The third-order valence-electron chi connectivity index (χ3n) is 2.14. The molecule has 4 nitrogen and oxygen atoms in total. The normalized spacial score (nSPS) is 10.9. The maximum absolute atomic E-state index is 11.4. The van der Waals surface area contributed by atoms with Crippen LogP contribution in [0.1, 0.15) is 6.92 Å². The molecule has 88 valence electrons. The van der Waals surface area contributed by atoms with E-state index in [2.05, 4.69) is 10.3 Å². The fourth-order valence-electron chi connectivity index (χ4n) is 1.38. The lowest BCUT2D eigenvalue weighted by Crippen LogP contribution is -2.06. The van der Waals surface area contributed by atoms with E-state index in [0.717, 1.165) is 16.0 Å². The van der Waals surface area contributed by atoms with Crippen molar-refractivity contribution >= 4 is 32.6 Å². The Hall–Kier alpha value is -1.88. The molecule has 17 heavy (non-hydrogen) atoms. The van der Waals surface area contributed by atoms with Gasteiger partial charge in [-0.3, -0.25) is 10.1 Å². The minimum absolute atomic E-state index is 0.168. The Bertz CT molecular complexity index is 575. The van der Waals surface area contributed by atoms with Gasteiger partial charge in [-0.15, -0.1) is 0 Å². The number of carbonyl (C=O) groups excluding carboxylic acids is 1. The molecular weight excluding hydrogens is 236 g/mol. The molecule has 0 unspecified atom stereocenters. The summed E-state index contributed by atoms with van der Waals surface area (Å²) in [4.78, 5) is 15.7. The second-order valence-corrected chi connectivity index (χ2v) is 4.37. The molecular formula is C12H12N2O2S. The molecule has 5 heteroatoms. The maximum atomic E-state index is 11.4. The molecule has 0 fully saturated rings. The van der Waals surface area contributed by atoms with E-state index in [0.29, 0.717) is 5.13 Å². The van der Waals surface area contributed by atoms with E-state index in [9.17, 15) is 4.79 Å². The highest BCUT2D eigenvalue weighted by molar-refractivity contribution is 7.22. The molecule has 1 heterocycles. The Morgan fingerprint density at radius 3 is 3.06 bits per heavy atom. The predicted molar refractivity (Wildman–Crippen MR) is 69.6 cm³/mol. The highest BCUT2D eigenvalue weighted by atomic mass is 32.1. The lowest BCUT2D eigenvalue weighted by Gasteiger charge is -1.96. The molecule has 0 saturated carbocycles. The number of methoxy groups -OCH3 is 1. The van der Waals surface area contributed by atoms with Gasteiger partial charge in [0.2, 0.25) is 5.91 Å². The molecule has 0 atom stereocenters. The summed E-state index contributed by atoms with van der Waals surface area (Å²) in [5, 5.41) is 3.30. The maximum Gasteiger partial charge on any atom is 0.249 e. The van der Waals surface area contributed by atoms with Crippen LogP contribution in [0.25, 0.3) is 10.2 Å². The summed E-state index contributed by atoms with van der Waals surface area (Å²) in [6, 6.07) is 5.62. The number of nitrogens with zero attached hydrogens (tertiary/aromatic N) is 1. The first-order chi connectivity index (χ1) is 8.22. The van der Waals surface area contributed by atoms with Crippen LogP contribution < -0.4 is 10.1 Å². The van der Waals surface area contributed by atoms with Gasteiger partial charge in [-0.1, -0.05) is 17.4 Å². The van der Waals surface area contributed by atoms with Gasteiger partial charge in [0.15, 0.2) is 5.13 Å². The summed E-state index contributed by atoms with van der Waals surface area (Å²) < 4.78 is 6.12. The lowest BCUT2D eigenvalue weighted by atomic mass is 10.3. The van der Waals surface area contributed by atoms with Gasteiger partial charge < -0.3 is 4.74 Å². The predicted octanol–water partition coefficient (Wildman–Crippen LogP) is 2.82. The fraction of sp³-hybridized carbons (Fsp3) is 0.167. The van der Waals surface area contributed by atoms with Crippen LogP contribution in [-0.4, -0.2) is 18.0 Å². The molecule has 1 aromatic carbocycles. The van der Waals surface area contributed by atoms with E-state index in [1.807, 2.05) is 18.2 Å². The van der Waals surface area contributed by atoms with Crippen molar-refractivity contribution in [2.75, 3.05) is 12.4 Å². The first-order valence-corrected chi connectivity index (χ1v) is 5.93. The Morgan fingerprint density at radius 2 is 2.35 bits per heavy atom. The number of thiazole rings is 1. The summed E-state index contributed by atoms with van der Waals surface area (Å²) in [7, 11) is 1.62. The molecule has 2 rings (SSSR count). The Labute approximate surface area is 103 Å². The average Bonchev–Trinajstić information content (AvgIpc) is 2.69. The van der Waals surface area contributed by atoms with Crippen molar-refractivity contribution in [3.8, 4) is 5.75 Å². The van der Waals surface area contributed by atoms with Crippen molar-refractivity contribution in [3.63, 3.8) is 0 Å². The number of anilines is 1. The Kier molecular flexibility index (Phi) is 3.39. The van der Waals surface area contributed by atoms with Crippen LogP contribution in [0, 0.1) is 0 Å². The standard InChI is InChI=1S/C12H12N2O2S/c1-3-4-11(15)14-12-13-9-6-5-8(16-2)7-10(9)17-12/h3-7H,1-2H3,(H,13,14,15)/b4-3-. The van der Waals surface area contributed by atoms with Gasteiger partial charge in [-0.2, -0.15) is 0 Å². The molecule has 0 saturated heterocycles. The molecule has 0 aliphatic heterocycles. The molecule has 2 aromatic rings. The minimum atomic E-state index is -0.168. The summed E-state index contributed by atoms with van der Waals surface area (Å²) in [6.07, 6.45) is 3.15. The number of benzene rings is 1.